The number of methoxy groups -OCH3 is 2. The first-order valence-electron chi connectivity index (χ1n) is 9.67. The Morgan fingerprint density at radius 3 is 2.69 bits per heavy atom. The lowest BCUT2D eigenvalue weighted by Gasteiger charge is -2.20. The molecule has 0 radical (unpaired) electrons. The number of carbonyl (C=O) groups excluding carboxylic acids is 1. The van der Waals surface area contributed by atoms with Gasteiger partial charge in [-0.05, 0) is 36.2 Å². The second-order valence-corrected chi connectivity index (χ2v) is 6.86. The summed E-state index contributed by atoms with van der Waals surface area (Å²) in [7, 11) is 4.65. The molecule has 1 fully saturated rings. The molecule has 1 aliphatic rings. The Bertz CT molecular complexity index is 854. The lowest BCUT2D eigenvalue weighted by atomic mass is 10.1. The third-order valence-corrected chi connectivity index (χ3v) is 5.00. The maximum absolute atomic E-state index is 12.0. The van der Waals surface area contributed by atoms with Crippen LogP contribution in [-0.2, 0) is 11.3 Å². The van der Waals surface area contributed by atoms with Crippen LogP contribution in [0.2, 0.25) is 0 Å². The molecule has 2 aromatic rings. The minimum Gasteiger partial charge on any atom is -0.496 e. The van der Waals surface area contributed by atoms with Crippen LogP contribution in [0.5, 0.6) is 5.75 Å². The van der Waals surface area contributed by atoms with E-state index >= 15 is 0 Å². The number of aliphatic imine (C=N–C) groups is 1. The van der Waals surface area contributed by atoms with Gasteiger partial charge in [0.05, 0.1) is 14.2 Å². The van der Waals surface area contributed by atoms with Crippen LogP contribution in [0.4, 0.5) is 5.69 Å². The molecule has 29 heavy (non-hydrogen) atoms. The van der Waals surface area contributed by atoms with Crippen molar-refractivity contribution in [3.63, 3.8) is 0 Å². The van der Waals surface area contributed by atoms with Crippen LogP contribution in [0.3, 0.4) is 0 Å². The molecule has 1 atom stereocenters. The van der Waals surface area contributed by atoms with Gasteiger partial charge >= 0.3 is 5.97 Å². The highest BCUT2D eigenvalue weighted by atomic mass is 16.5. The third kappa shape index (κ3) is 5.19. The number of hydrogen-bond donors (Lipinski definition) is 2. The maximum atomic E-state index is 12.0. The molecule has 1 heterocycles. The van der Waals surface area contributed by atoms with E-state index in [0.717, 1.165) is 31.0 Å². The van der Waals surface area contributed by atoms with Gasteiger partial charge in [0.2, 0.25) is 0 Å². The maximum Gasteiger partial charge on any atom is 0.341 e. The lowest BCUT2D eigenvalue weighted by molar-refractivity contribution is 0.0597. The highest BCUT2D eigenvalue weighted by Crippen LogP contribution is 2.21. The molecule has 3 rings (SSSR count). The zero-order valence-corrected chi connectivity index (χ0v) is 17.1. The van der Waals surface area contributed by atoms with Crippen LogP contribution in [0.25, 0.3) is 0 Å². The Labute approximate surface area is 171 Å². The zero-order chi connectivity index (χ0) is 20.6. The molecule has 0 aliphatic carbocycles. The van der Waals surface area contributed by atoms with E-state index in [9.17, 15) is 4.79 Å². The Kier molecular flexibility index (Phi) is 6.94. The van der Waals surface area contributed by atoms with Crippen LogP contribution in [0.15, 0.2) is 53.5 Å². The second kappa shape index (κ2) is 9.82. The van der Waals surface area contributed by atoms with Crippen LogP contribution >= 0.6 is 0 Å². The molecule has 0 bridgehead atoms. The number of rotatable bonds is 6. The Morgan fingerprint density at radius 1 is 1.21 bits per heavy atom. The van der Waals surface area contributed by atoms with Crippen LogP contribution < -0.4 is 20.3 Å². The minimum absolute atomic E-state index is 0.322. The zero-order valence-electron chi connectivity index (χ0n) is 17.1. The first-order chi connectivity index (χ1) is 14.1. The highest BCUT2D eigenvalue weighted by Gasteiger charge is 2.23. The van der Waals surface area contributed by atoms with Crippen LogP contribution in [-0.4, -0.2) is 52.3 Å². The molecule has 0 spiro atoms. The number of anilines is 1. The SMILES string of the molecule is CN=C(NCc1ccc(OC)c(C(=O)OC)c1)NC1CCN(c2ccccc2)C1. The fourth-order valence-electron chi connectivity index (χ4n) is 3.46. The highest BCUT2D eigenvalue weighted by molar-refractivity contribution is 5.92. The van der Waals surface area contributed by atoms with Crippen molar-refractivity contribution >= 4 is 17.6 Å². The van der Waals surface area contributed by atoms with Crippen molar-refractivity contribution in [2.45, 2.75) is 19.0 Å². The van der Waals surface area contributed by atoms with Gasteiger partial charge in [0.25, 0.3) is 0 Å². The van der Waals surface area contributed by atoms with Crippen molar-refractivity contribution in [1.82, 2.24) is 10.6 Å². The molecule has 1 saturated heterocycles. The quantitative estimate of drug-likeness (QED) is 0.444. The minimum atomic E-state index is -0.418. The number of para-hydroxylation sites is 1. The van der Waals surface area contributed by atoms with Gasteiger partial charge < -0.3 is 25.0 Å². The standard InChI is InChI=1S/C22H28N4O3/c1-23-22(25-17-11-12-26(15-17)18-7-5-4-6-8-18)24-14-16-9-10-20(28-2)19(13-16)21(27)29-3/h4-10,13,17H,11-12,14-15H2,1-3H3,(H2,23,24,25). The molecule has 0 saturated carbocycles. The van der Waals surface area contributed by atoms with Crippen molar-refractivity contribution in [1.29, 1.82) is 0 Å². The number of ether oxygens (including phenoxy) is 2. The molecule has 0 aromatic heterocycles. The summed E-state index contributed by atoms with van der Waals surface area (Å²) in [6, 6.07) is 16.2. The molecule has 1 unspecified atom stereocenters. The molecule has 0 amide bonds. The van der Waals surface area contributed by atoms with Gasteiger partial charge in [-0.15, -0.1) is 0 Å². The normalized spacial score (nSPS) is 16.4. The average Bonchev–Trinajstić information content (AvgIpc) is 3.25. The van der Waals surface area contributed by atoms with Crippen molar-refractivity contribution < 1.29 is 14.3 Å². The first kappa shape index (κ1) is 20.5. The summed E-state index contributed by atoms with van der Waals surface area (Å²) in [6.45, 7) is 2.47. The van der Waals surface area contributed by atoms with E-state index in [1.165, 1.54) is 19.9 Å². The molecule has 7 heteroatoms. The van der Waals surface area contributed by atoms with E-state index in [-0.39, 0.29) is 0 Å². The van der Waals surface area contributed by atoms with Crippen LogP contribution in [0.1, 0.15) is 22.3 Å². The van der Waals surface area contributed by atoms with Gasteiger partial charge in [-0.2, -0.15) is 0 Å². The van der Waals surface area contributed by atoms with E-state index in [4.69, 9.17) is 9.47 Å². The number of guanidine groups is 1. The predicted molar refractivity (Wildman–Crippen MR) is 115 cm³/mol. The summed E-state index contributed by atoms with van der Waals surface area (Å²) in [5.41, 5.74) is 2.59. The van der Waals surface area contributed by atoms with E-state index in [1.807, 2.05) is 12.1 Å². The Balaban J connectivity index is 1.57. The molecular formula is C22H28N4O3. The van der Waals surface area contributed by atoms with Crippen molar-refractivity contribution in [2.75, 3.05) is 39.3 Å². The van der Waals surface area contributed by atoms with E-state index in [0.29, 0.717) is 23.9 Å². The molecular weight excluding hydrogens is 368 g/mol. The van der Waals surface area contributed by atoms with E-state index in [2.05, 4.69) is 44.8 Å². The van der Waals surface area contributed by atoms with Gasteiger partial charge in [0, 0.05) is 38.4 Å². The predicted octanol–water partition coefficient (Wildman–Crippen LogP) is 2.43. The summed E-state index contributed by atoms with van der Waals surface area (Å²) in [6.07, 6.45) is 1.05. The van der Waals surface area contributed by atoms with Gasteiger partial charge in [0.1, 0.15) is 11.3 Å². The Hall–Kier alpha value is -3.22. The average molecular weight is 396 g/mol. The van der Waals surface area contributed by atoms with Gasteiger partial charge in [-0.3, -0.25) is 4.99 Å². The largest absolute Gasteiger partial charge is 0.496 e. The smallest absolute Gasteiger partial charge is 0.341 e. The molecule has 2 aromatic carbocycles. The Morgan fingerprint density at radius 2 is 2.00 bits per heavy atom. The van der Waals surface area contributed by atoms with Gasteiger partial charge in [-0.25, -0.2) is 4.79 Å². The summed E-state index contributed by atoms with van der Waals surface area (Å²) in [5, 5.41) is 6.80. The fourth-order valence-corrected chi connectivity index (χ4v) is 3.46. The molecule has 2 N–H and O–H groups in total. The van der Waals surface area contributed by atoms with Crippen molar-refractivity contribution in [3.05, 3.63) is 59.7 Å². The van der Waals surface area contributed by atoms with E-state index in [1.54, 1.807) is 19.2 Å². The summed E-state index contributed by atoms with van der Waals surface area (Å²) < 4.78 is 10.1. The fraction of sp³-hybridized carbons (Fsp3) is 0.364. The number of hydrogen-bond acceptors (Lipinski definition) is 5. The van der Waals surface area contributed by atoms with Crippen LogP contribution in [0, 0.1) is 0 Å². The summed E-state index contributed by atoms with van der Waals surface area (Å²) in [4.78, 5) is 18.7. The number of esters is 1. The summed E-state index contributed by atoms with van der Waals surface area (Å²) >= 11 is 0. The topological polar surface area (TPSA) is 75.2 Å². The second-order valence-electron chi connectivity index (χ2n) is 6.86. The monoisotopic (exact) mass is 396 g/mol. The lowest BCUT2D eigenvalue weighted by Crippen LogP contribution is -2.44. The molecule has 7 nitrogen and oxygen atoms in total. The number of nitrogens with one attached hydrogen (secondary N) is 2. The third-order valence-electron chi connectivity index (χ3n) is 5.00. The molecule has 1 aliphatic heterocycles. The first-order valence-corrected chi connectivity index (χ1v) is 9.67. The van der Waals surface area contributed by atoms with Crippen molar-refractivity contribution in [3.8, 4) is 5.75 Å². The van der Waals surface area contributed by atoms with Gasteiger partial charge in [-0.1, -0.05) is 24.3 Å². The number of benzene rings is 2. The number of carbonyl (C=O) groups is 1. The van der Waals surface area contributed by atoms with Gasteiger partial charge in [0.15, 0.2) is 5.96 Å². The summed E-state index contributed by atoms with van der Waals surface area (Å²) in [5.74, 6) is 0.813. The number of nitrogens with zero attached hydrogens (tertiary/aromatic N) is 2. The van der Waals surface area contributed by atoms with Crippen molar-refractivity contribution in [2.24, 2.45) is 4.99 Å². The van der Waals surface area contributed by atoms with E-state index < -0.39 is 5.97 Å². The molecule has 154 valence electrons.